The van der Waals surface area contributed by atoms with Crippen molar-refractivity contribution in [3.8, 4) is 0 Å². The maximum Gasteiger partial charge on any atom is 0.287 e. The maximum atomic E-state index is 12.4. The van der Waals surface area contributed by atoms with E-state index in [2.05, 4.69) is 15.6 Å². The fraction of sp³-hybridized carbons (Fsp3) is 0.235. The lowest BCUT2D eigenvalue weighted by Gasteiger charge is -2.02. The fourth-order valence-corrected chi connectivity index (χ4v) is 2.35. The van der Waals surface area contributed by atoms with E-state index in [0.29, 0.717) is 17.8 Å². The largest absolute Gasteiger partial charge is 0.467 e. The third-order valence-electron chi connectivity index (χ3n) is 3.51. The third-order valence-corrected chi connectivity index (χ3v) is 3.51. The Kier molecular flexibility index (Phi) is 4.60. The van der Waals surface area contributed by atoms with Crippen LogP contribution in [-0.2, 0) is 6.54 Å². The summed E-state index contributed by atoms with van der Waals surface area (Å²) in [4.78, 5) is 29.0. The number of carbonyl (C=O) groups excluding carboxylic acids is 2. The van der Waals surface area contributed by atoms with Crippen molar-refractivity contribution in [3.63, 3.8) is 0 Å². The van der Waals surface area contributed by atoms with Crippen molar-refractivity contribution < 1.29 is 14.0 Å². The molecule has 7 nitrogen and oxygen atoms in total. The summed E-state index contributed by atoms with van der Waals surface area (Å²) in [5.74, 6) is 0.183. The first-order valence-electron chi connectivity index (χ1n) is 7.76. The molecule has 3 heterocycles. The molecule has 0 bridgehead atoms. The zero-order valence-corrected chi connectivity index (χ0v) is 13.3. The first kappa shape index (κ1) is 15.8. The summed E-state index contributed by atoms with van der Waals surface area (Å²) >= 11 is 0. The molecule has 124 valence electrons. The molecule has 0 saturated heterocycles. The molecule has 2 amide bonds. The van der Waals surface area contributed by atoms with Crippen LogP contribution in [0.15, 0.2) is 47.2 Å². The topological polar surface area (TPSA) is 88.6 Å². The van der Waals surface area contributed by atoms with Crippen LogP contribution in [0.25, 0.3) is 5.52 Å². The van der Waals surface area contributed by atoms with Crippen molar-refractivity contribution in [2.24, 2.45) is 0 Å². The lowest BCUT2D eigenvalue weighted by Crippen LogP contribution is -2.26. The van der Waals surface area contributed by atoms with Gasteiger partial charge < -0.3 is 15.1 Å². The second-order valence-corrected chi connectivity index (χ2v) is 5.26. The zero-order valence-electron chi connectivity index (χ0n) is 13.3. The van der Waals surface area contributed by atoms with Gasteiger partial charge in [-0.15, -0.1) is 0 Å². The van der Waals surface area contributed by atoms with E-state index in [1.165, 1.54) is 0 Å². The minimum atomic E-state index is -0.357. The number of nitrogens with zero attached hydrogens (tertiary/aromatic N) is 2. The average molecular weight is 326 g/mol. The minimum absolute atomic E-state index is 0.196. The third kappa shape index (κ3) is 3.15. The lowest BCUT2D eigenvalue weighted by atomic mass is 10.3. The molecule has 2 N–H and O–H groups in total. The van der Waals surface area contributed by atoms with Gasteiger partial charge in [0.15, 0.2) is 5.69 Å². The Morgan fingerprint density at radius 3 is 2.79 bits per heavy atom. The molecular weight excluding hydrogens is 308 g/mol. The summed E-state index contributed by atoms with van der Waals surface area (Å²) in [6, 6.07) is 8.87. The highest BCUT2D eigenvalue weighted by Crippen LogP contribution is 2.13. The highest BCUT2D eigenvalue weighted by Gasteiger charge is 2.21. The summed E-state index contributed by atoms with van der Waals surface area (Å²) in [5.41, 5.74) is 0.792. The molecule has 0 aliphatic rings. The van der Waals surface area contributed by atoms with E-state index in [-0.39, 0.29) is 29.9 Å². The van der Waals surface area contributed by atoms with Crippen LogP contribution in [-0.4, -0.2) is 27.7 Å². The quantitative estimate of drug-likeness (QED) is 0.725. The molecule has 0 aromatic carbocycles. The smallest absolute Gasteiger partial charge is 0.287 e. The van der Waals surface area contributed by atoms with Gasteiger partial charge in [-0.1, -0.05) is 13.0 Å². The van der Waals surface area contributed by atoms with Gasteiger partial charge in [-0.25, -0.2) is 4.98 Å². The number of pyridine rings is 1. The standard InChI is InChI=1S/C17H18N4O3/c1-2-8-18-17(23)15-20-14(13-7-3-4-9-21(13)15)16(22)19-11-12-6-5-10-24-12/h3-7,9-10H,2,8,11H2,1H3,(H,18,23)(H,19,22). The molecule has 0 atom stereocenters. The lowest BCUT2D eigenvalue weighted by molar-refractivity contribution is 0.0942. The Bertz CT molecular complexity index is 852. The number of hydrogen-bond donors (Lipinski definition) is 2. The van der Waals surface area contributed by atoms with Crippen LogP contribution >= 0.6 is 0 Å². The van der Waals surface area contributed by atoms with Gasteiger partial charge >= 0.3 is 0 Å². The molecular formula is C17H18N4O3. The van der Waals surface area contributed by atoms with Crippen molar-refractivity contribution in [2.75, 3.05) is 6.54 Å². The van der Waals surface area contributed by atoms with Gasteiger partial charge in [0.05, 0.1) is 18.3 Å². The van der Waals surface area contributed by atoms with Crippen LogP contribution in [0.3, 0.4) is 0 Å². The highest BCUT2D eigenvalue weighted by atomic mass is 16.3. The molecule has 0 spiro atoms. The van der Waals surface area contributed by atoms with Crippen LogP contribution in [0.4, 0.5) is 0 Å². The van der Waals surface area contributed by atoms with Crippen LogP contribution in [0.1, 0.15) is 40.2 Å². The van der Waals surface area contributed by atoms with Crippen LogP contribution < -0.4 is 10.6 Å². The van der Waals surface area contributed by atoms with E-state index in [0.717, 1.165) is 6.42 Å². The first-order chi connectivity index (χ1) is 11.7. The van der Waals surface area contributed by atoms with Crippen molar-refractivity contribution >= 4 is 17.3 Å². The fourth-order valence-electron chi connectivity index (χ4n) is 2.35. The number of amides is 2. The second kappa shape index (κ2) is 6.99. The SMILES string of the molecule is CCCNC(=O)c1nc(C(=O)NCc2ccco2)c2ccccn12. The number of nitrogens with one attached hydrogen (secondary N) is 2. The Morgan fingerprint density at radius 2 is 2.04 bits per heavy atom. The molecule has 3 rings (SSSR count). The molecule has 0 saturated carbocycles. The number of furan rings is 1. The molecule has 0 aliphatic heterocycles. The molecule has 0 unspecified atom stereocenters. The summed E-state index contributed by atoms with van der Waals surface area (Å²) in [6.45, 7) is 2.78. The minimum Gasteiger partial charge on any atom is -0.467 e. The van der Waals surface area contributed by atoms with Crippen LogP contribution in [0.5, 0.6) is 0 Å². The normalized spacial score (nSPS) is 10.7. The van der Waals surface area contributed by atoms with Gasteiger partial charge in [-0.3, -0.25) is 14.0 Å². The van der Waals surface area contributed by atoms with E-state index in [9.17, 15) is 9.59 Å². The highest BCUT2D eigenvalue weighted by molar-refractivity contribution is 6.02. The van der Waals surface area contributed by atoms with E-state index in [4.69, 9.17) is 4.42 Å². The van der Waals surface area contributed by atoms with Gasteiger partial charge in [0.25, 0.3) is 11.8 Å². The van der Waals surface area contributed by atoms with Crippen LogP contribution in [0.2, 0.25) is 0 Å². The monoisotopic (exact) mass is 326 g/mol. The Morgan fingerprint density at radius 1 is 1.17 bits per heavy atom. The summed E-state index contributed by atoms with van der Waals surface area (Å²) < 4.78 is 6.81. The van der Waals surface area contributed by atoms with E-state index >= 15 is 0 Å². The van der Waals surface area contributed by atoms with Crippen LogP contribution in [0, 0.1) is 0 Å². The van der Waals surface area contributed by atoms with Gasteiger partial charge in [0.1, 0.15) is 5.76 Å². The molecule has 0 radical (unpaired) electrons. The molecule has 7 heteroatoms. The zero-order chi connectivity index (χ0) is 16.9. The van der Waals surface area contributed by atoms with Gasteiger partial charge in [-0.2, -0.15) is 0 Å². The Hall–Kier alpha value is -3.09. The second-order valence-electron chi connectivity index (χ2n) is 5.26. The predicted octanol–water partition coefficient (Wildman–Crippen LogP) is 2.00. The van der Waals surface area contributed by atoms with E-state index in [1.807, 2.05) is 6.92 Å². The number of aromatic nitrogens is 2. The number of rotatable bonds is 6. The van der Waals surface area contributed by atoms with Crippen molar-refractivity contribution in [2.45, 2.75) is 19.9 Å². The maximum absolute atomic E-state index is 12.4. The molecule has 0 aliphatic carbocycles. The Labute approximate surface area is 138 Å². The molecule has 24 heavy (non-hydrogen) atoms. The molecule has 0 fully saturated rings. The van der Waals surface area contributed by atoms with Crippen molar-refractivity contribution in [1.82, 2.24) is 20.0 Å². The van der Waals surface area contributed by atoms with Gasteiger partial charge in [0, 0.05) is 12.7 Å². The number of hydrogen-bond acceptors (Lipinski definition) is 4. The number of fused-ring (bicyclic) bond motifs is 1. The van der Waals surface area contributed by atoms with E-state index < -0.39 is 0 Å². The Balaban J connectivity index is 1.87. The summed E-state index contributed by atoms with van der Waals surface area (Å²) in [7, 11) is 0. The first-order valence-corrected chi connectivity index (χ1v) is 7.76. The van der Waals surface area contributed by atoms with Crippen molar-refractivity contribution in [3.05, 3.63) is 60.1 Å². The number of carbonyl (C=O) groups is 2. The predicted molar refractivity (Wildman–Crippen MR) is 87.7 cm³/mol. The van der Waals surface area contributed by atoms with E-state index in [1.54, 1.807) is 47.2 Å². The van der Waals surface area contributed by atoms with Gasteiger partial charge in [-0.05, 0) is 30.7 Å². The average Bonchev–Trinajstić information content (AvgIpc) is 3.25. The number of imidazole rings is 1. The molecule has 3 aromatic heterocycles. The molecule has 3 aromatic rings. The van der Waals surface area contributed by atoms with Crippen molar-refractivity contribution in [1.29, 1.82) is 0 Å². The van der Waals surface area contributed by atoms with Gasteiger partial charge in [0.2, 0.25) is 5.82 Å². The summed E-state index contributed by atoms with van der Waals surface area (Å²) in [6.07, 6.45) is 4.09. The summed E-state index contributed by atoms with van der Waals surface area (Å²) in [5, 5.41) is 5.53.